The number of nitrogens with zero attached hydrogens (tertiary/aromatic N) is 2. The topological polar surface area (TPSA) is 43.8 Å². The second kappa shape index (κ2) is 4.43. The molecule has 0 spiro atoms. The lowest BCUT2D eigenvalue weighted by Gasteiger charge is -2.39. The zero-order chi connectivity index (χ0) is 11.7. The van der Waals surface area contributed by atoms with Gasteiger partial charge < -0.3 is 14.9 Å². The van der Waals surface area contributed by atoms with Crippen LogP contribution in [0.3, 0.4) is 0 Å². The maximum absolute atomic E-state index is 10.8. The van der Waals surface area contributed by atoms with Crippen molar-refractivity contribution in [2.45, 2.75) is 13.0 Å². The Morgan fingerprint density at radius 2 is 2.31 bits per heavy atom. The summed E-state index contributed by atoms with van der Waals surface area (Å²) in [5.74, 6) is -0.835. The molecule has 1 unspecified atom stereocenters. The van der Waals surface area contributed by atoms with E-state index in [2.05, 4.69) is 23.8 Å². The zero-order valence-corrected chi connectivity index (χ0v) is 10.3. The van der Waals surface area contributed by atoms with Crippen LogP contribution in [0.1, 0.15) is 16.6 Å². The van der Waals surface area contributed by atoms with E-state index in [1.165, 1.54) is 11.3 Å². The highest BCUT2D eigenvalue weighted by Gasteiger charge is 2.23. The molecule has 2 rings (SSSR count). The Morgan fingerprint density at radius 3 is 2.88 bits per heavy atom. The molecular formula is C11H16N2O2S. The molecule has 1 aromatic heterocycles. The van der Waals surface area contributed by atoms with Gasteiger partial charge in [-0.3, -0.25) is 0 Å². The number of hydrogen-bond acceptors (Lipinski definition) is 4. The number of carboxylic acids is 1. The molecule has 1 saturated heterocycles. The van der Waals surface area contributed by atoms with E-state index < -0.39 is 5.97 Å². The highest BCUT2D eigenvalue weighted by atomic mass is 32.1. The number of likely N-dealkylation sites (N-methyl/N-ethyl adjacent to an activating group) is 1. The van der Waals surface area contributed by atoms with E-state index in [4.69, 9.17) is 5.11 Å². The average molecular weight is 240 g/mol. The number of anilines is 1. The predicted molar refractivity (Wildman–Crippen MR) is 65.6 cm³/mol. The first-order chi connectivity index (χ1) is 7.58. The standard InChI is InChI=1S/C11H16N2O2S/c1-8-6-12(2)3-4-13(8)9-5-10(11(14)15)16-7-9/h5,7-8H,3-4,6H2,1-2H3,(H,14,15). The summed E-state index contributed by atoms with van der Waals surface area (Å²) in [6, 6.07) is 2.21. The van der Waals surface area contributed by atoms with Crippen molar-refractivity contribution >= 4 is 23.0 Å². The van der Waals surface area contributed by atoms with Crippen LogP contribution >= 0.6 is 11.3 Å². The highest BCUT2D eigenvalue weighted by Crippen LogP contribution is 2.26. The Morgan fingerprint density at radius 1 is 1.56 bits per heavy atom. The minimum Gasteiger partial charge on any atom is -0.477 e. The predicted octanol–water partition coefficient (Wildman–Crippen LogP) is 1.59. The molecule has 2 heterocycles. The van der Waals surface area contributed by atoms with E-state index in [0.717, 1.165) is 25.3 Å². The van der Waals surface area contributed by atoms with E-state index in [1.54, 1.807) is 6.07 Å². The molecule has 1 aliphatic rings. The molecule has 0 radical (unpaired) electrons. The van der Waals surface area contributed by atoms with Gasteiger partial charge in [-0.1, -0.05) is 0 Å². The van der Waals surface area contributed by atoms with E-state index in [-0.39, 0.29) is 0 Å². The van der Waals surface area contributed by atoms with Gasteiger partial charge in [0.05, 0.1) is 0 Å². The Hall–Kier alpha value is -1.07. The molecule has 1 aromatic rings. The van der Waals surface area contributed by atoms with Crippen molar-refractivity contribution in [2.24, 2.45) is 0 Å². The highest BCUT2D eigenvalue weighted by molar-refractivity contribution is 7.12. The maximum atomic E-state index is 10.8. The first kappa shape index (κ1) is 11.4. The molecule has 0 aliphatic carbocycles. The van der Waals surface area contributed by atoms with Gasteiger partial charge >= 0.3 is 5.97 Å². The van der Waals surface area contributed by atoms with Gasteiger partial charge in [0.15, 0.2) is 0 Å². The summed E-state index contributed by atoms with van der Waals surface area (Å²) < 4.78 is 0. The minimum atomic E-state index is -0.835. The number of rotatable bonds is 2. The van der Waals surface area contributed by atoms with Crippen LogP contribution < -0.4 is 4.90 Å². The van der Waals surface area contributed by atoms with E-state index in [9.17, 15) is 4.79 Å². The number of hydrogen-bond donors (Lipinski definition) is 1. The summed E-state index contributed by atoms with van der Waals surface area (Å²) in [6.45, 7) is 5.20. The molecule has 1 N–H and O–H groups in total. The number of thiophene rings is 1. The molecular weight excluding hydrogens is 224 g/mol. The normalized spacial score (nSPS) is 22.4. The van der Waals surface area contributed by atoms with E-state index >= 15 is 0 Å². The van der Waals surface area contributed by atoms with Crippen molar-refractivity contribution in [3.8, 4) is 0 Å². The van der Waals surface area contributed by atoms with Crippen LogP contribution in [0.5, 0.6) is 0 Å². The molecule has 0 saturated carbocycles. The van der Waals surface area contributed by atoms with Gasteiger partial charge in [0.1, 0.15) is 4.88 Å². The SMILES string of the molecule is CC1CN(C)CCN1c1csc(C(=O)O)c1. The maximum Gasteiger partial charge on any atom is 0.345 e. The third-order valence-electron chi connectivity index (χ3n) is 2.96. The van der Waals surface area contributed by atoms with Crippen molar-refractivity contribution in [3.63, 3.8) is 0 Å². The van der Waals surface area contributed by atoms with Crippen molar-refractivity contribution in [2.75, 3.05) is 31.6 Å². The van der Waals surface area contributed by atoms with Crippen molar-refractivity contribution in [1.82, 2.24) is 4.90 Å². The number of piperazine rings is 1. The quantitative estimate of drug-likeness (QED) is 0.852. The Kier molecular flexibility index (Phi) is 3.16. The van der Waals surface area contributed by atoms with Crippen LogP contribution in [0.25, 0.3) is 0 Å². The third kappa shape index (κ3) is 2.20. The van der Waals surface area contributed by atoms with E-state index in [0.29, 0.717) is 10.9 Å². The molecule has 4 nitrogen and oxygen atoms in total. The summed E-state index contributed by atoms with van der Waals surface area (Å²) in [4.78, 5) is 15.8. The van der Waals surface area contributed by atoms with Gasteiger partial charge in [-0.25, -0.2) is 4.79 Å². The molecule has 5 heteroatoms. The fourth-order valence-electron chi connectivity index (χ4n) is 2.11. The Labute approximate surface area is 99.1 Å². The molecule has 0 aromatic carbocycles. The van der Waals surface area contributed by atoms with Crippen LogP contribution in [-0.2, 0) is 0 Å². The smallest absolute Gasteiger partial charge is 0.345 e. The summed E-state index contributed by atoms with van der Waals surface area (Å²) in [5.41, 5.74) is 1.04. The average Bonchev–Trinajstić information content (AvgIpc) is 2.66. The first-order valence-electron chi connectivity index (χ1n) is 5.35. The Bertz CT molecular complexity index is 391. The van der Waals surface area contributed by atoms with Gasteiger partial charge in [-0.15, -0.1) is 11.3 Å². The van der Waals surface area contributed by atoms with Crippen LogP contribution in [0.4, 0.5) is 5.69 Å². The molecule has 1 aliphatic heterocycles. The zero-order valence-electron chi connectivity index (χ0n) is 9.51. The molecule has 1 fully saturated rings. The second-order valence-electron chi connectivity index (χ2n) is 4.28. The minimum absolute atomic E-state index is 0.418. The van der Waals surface area contributed by atoms with Gasteiger partial charge in [0.2, 0.25) is 0 Å². The third-order valence-corrected chi connectivity index (χ3v) is 3.86. The van der Waals surface area contributed by atoms with Gasteiger partial charge in [-0.05, 0) is 20.0 Å². The fraction of sp³-hybridized carbons (Fsp3) is 0.545. The van der Waals surface area contributed by atoms with Crippen molar-refractivity contribution < 1.29 is 9.90 Å². The lowest BCUT2D eigenvalue weighted by Crippen LogP contribution is -2.50. The van der Waals surface area contributed by atoms with Crippen molar-refractivity contribution in [3.05, 3.63) is 16.3 Å². The van der Waals surface area contributed by atoms with Crippen LogP contribution in [0, 0.1) is 0 Å². The van der Waals surface area contributed by atoms with Crippen LogP contribution in [0.15, 0.2) is 11.4 Å². The number of carbonyl (C=O) groups is 1. The first-order valence-corrected chi connectivity index (χ1v) is 6.23. The fourth-order valence-corrected chi connectivity index (χ4v) is 2.85. The number of aromatic carboxylic acids is 1. The van der Waals surface area contributed by atoms with Crippen LogP contribution in [0.2, 0.25) is 0 Å². The van der Waals surface area contributed by atoms with E-state index in [1.807, 2.05) is 5.38 Å². The van der Waals surface area contributed by atoms with Crippen LogP contribution in [-0.4, -0.2) is 48.7 Å². The number of carboxylic acid groups (broad SMARTS) is 1. The van der Waals surface area contributed by atoms with Crippen molar-refractivity contribution in [1.29, 1.82) is 0 Å². The molecule has 1 atom stereocenters. The van der Waals surface area contributed by atoms with Gasteiger partial charge in [0.25, 0.3) is 0 Å². The molecule has 88 valence electrons. The van der Waals surface area contributed by atoms with Gasteiger partial charge in [0, 0.05) is 36.7 Å². The lowest BCUT2D eigenvalue weighted by atomic mass is 10.2. The molecule has 0 amide bonds. The summed E-state index contributed by atoms with van der Waals surface area (Å²) in [5, 5.41) is 10.8. The Balaban J connectivity index is 2.14. The molecule has 16 heavy (non-hydrogen) atoms. The summed E-state index contributed by atoms with van der Waals surface area (Å²) >= 11 is 1.30. The summed E-state index contributed by atoms with van der Waals surface area (Å²) in [7, 11) is 2.12. The van der Waals surface area contributed by atoms with Gasteiger partial charge in [-0.2, -0.15) is 0 Å². The summed E-state index contributed by atoms with van der Waals surface area (Å²) in [6.07, 6.45) is 0. The monoisotopic (exact) mass is 240 g/mol. The largest absolute Gasteiger partial charge is 0.477 e. The lowest BCUT2D eigenvalue weighted by molar-refractivity contribution is 0.0702. The second-order valence-corrected chi connectivity index (χ2v) is 5.19. The molecule has 0 bridgehead atoms.